The topological polar surface area (TPSA) is 56.5 Å². The molecule has 0 aliphatic heterocycles. The predicted octanol–water partition coefficient (Wildman–Crippen LogP) is 1.37. The molecule has 1 aromatic rings. The van der Waals surface area contributed by atoms with Crippen molar-refractivity contribution in [3.8, 4) is 6.07 Å². The first-order valence-electron chi connectivity index (χ1n) is 5.44. The summed E-state index contributed by atoms with van der Waals surface area (Å²) in [5.74, 6) is -0.550. The number of hydrogen-bond acceptors (Lipinski definition) is 4. The maximum absolute atomic E-state index is 9.78. The zero-order valence-electron chi connectivity index (χ0n) is 10.4. The number of nitriles is 1. The third-order valence-corrected chi connectivity index (χ3v) is 2.63. The van der Waals surface area contributed by atoms with E-state index in [0.29, 0.717) is 0 Å². The van der Waals surface area contributed by atoms with Gasteiger partial charge in [-0.1, -0.05) is 12.1 Å². The maximum atomic E-state index is 9.78. The van der Waals surface area contributed by atoms with Crippen LogP contribution in [0.5, 0.6) is 0 Å². The molecule has 1 N–H and O–H groups in total. The molecule has 4 heteroatoms. The molecule has 0 aromatic heterocycles. The van der Waals surface area contributed by atoms with Gasteiger partial charge in [-0.25, -0.2) is 0 Å². The molecule has 0 bridgehead atoms. The minimum Gasteiger partial charge on any atom is -0.389 e. The molecule has 92 valence electrons. The molecule has 0 fully saturated rings. The van der Waals surface area contributed by atoms with Crippen LogP contribution in [0.15, 0.2) is 24.3 Å². The largest absolute Gasteiger partial charge is 0.389 e. The van der Waals surface area contributed by atoms with Crippen LogP contribution < -0.4 is 4.90 Å². The lowest BCUT2D eigenvalue weighted by Crippen LogP contribution is -2.22. The Hall–Kier alpha value is -1.57. The van der Waals surface area contributed by atoms with Gasteiger partial charge in [0, 0.05) is 26.9 Å². The van der Waals surface area contributed by atoms with Gasteiger partial charge >= 0.3 is 0 Å². The summed E-state index contributed by atoms with van der Waals surface area (Å²) in [6.45, 7) is 0.160. The Balaban J connectivity index is 2.87. The van der Waals surface area contributed by atoms with Crippen molar-refractivity contribution < 1.29 is 9.84 Å². The van der Waals surface area contributed by atoms with Crippen molar-refractivity contribution in [2.24, 2.45) is 0 Å². The second-order valence-corrected chi connectivity index (χ2v) is 4.12. The highest BCUT2D eigenvalue weighted by Crippen LogP contribution is 2.22. The zero-order chi connectivity index (χ0) is 12.8. The number of hydrogen-bond donors (Lipinski definition) is 1. The number of anilines is 1. The van der Waals surface area contributed by atoms with E-state index in [1.54, 1.807) is 0 Å². The second kappa shape index (κ2) is 6.24. The van der Waals surface area contributed by atoms with E-state index < -0.39 is 12.0 Å². The van der Waals surface area contributed by atoms with Crippen molar-refractivity contribution in [1.82, 2.24) is 0 Å². The van der Waals surface area contributed by atoms with Crippen LogP contribution in [-0.4, -0.2) is 39.0 Å². The molecule has 0 radical (unpaired) electrons. The van der Waals surface area contributed by atoms with Crippen LogP contribution in [0.1, 0.15) is 11.5 Å². The van der Waals surface area contributed by atoms with E-state index in [4.69, 9.17) is 10.00 Å². The lowest BCUT2D eigenvalue weighted by molar-refractivity contribution is 0.0571. The highest BCUT2D eigenvalue weighted by atomic mass is 16.5. The molecule has 0 amide bonds. The first kappa shape index (κ1) is 13.5. The van der Waals surface area contributed by atoms with Crippen LogP contribution in [-0.2, 0) is 4.74 Å². The summed E-state index contributed by atoms with van der Waals surface area (Å²) in [6, 6.07) is 9.69. The second-order valence-electron chi connectivity index (χ2n) is 4.12. The maximum Gasteiger partial charge on any atom is 0.0994 e. The Labute approximate surface area is 102 Å². The van der Waals surface area contributed by atoms with E-state index in [1.165, 1.54) is 7.11 Å². The van der Waals surface area contributed by atoms with Gasteiger partial charge in [0.15, 0.2) is 0 Å². The summed E-state index contributed by atoms with van der Waals surface area (Å²) in [4.78, 5) is 1.98. The van der Waals surface area contributed by atoms with Gasteiger partial charge in [-0.05, 0) is 17.7 Å². The summed E-state index contributed by atoms with van der Waals surface area (Å²) < 4.78 is 4.86. The number of rotatable bonds is 5. The lowest BCUT2D eigenvalue weighted by atomic mass is 9.95. The number of aliphatic hydroxyl groups excluding tert-OH is 1. The Morgan fingerprint density at radius 3 is 2.35 bits per heavy atom. The van der Waals surface area contributed by atoms with Gasteiger partial charge in [0.1, 0.15) is 0 Å². The van der Waals surface area contributed by atoms with Crippen LogP contribution in [0, 0.1) is 11.3 Å². The molecule has 17 heavy (non-hydrogen) atoms. The standard InChI is InChI=1S/C13H18N2O2/c1-15(2)11-6-4-10(5-7-11)12(8-14)13(16)9-17-3/h4-7,12-13,16H,9H2,1-3H3. The van der Waals surface area contributed by atoms with Crippen molar-refractivity contribution in [1.29, 1.82) is 5.26 Å². The number of nitrogens with zero attached hydrogens (tertiary/aromatic N) is 2. The summed E-state index contributed by atoms with van der Waals surface area (Å²) in [6.07, 6.45) is -0.796. The van der Waals surface area contributed by atoms with Crippen molar-refractivity contribution in [3.63, 3.8) is 0 Å². The summed E-state index contributed by atoms with van der Waals surface area (Å²) >= 11 is 0. The Bertz CT molecular complexity index is 381. The predicted molar refractivity (Wildman–Crippen MR) is 67.0 cm³/mol. The van der Waals surface area contributed by atoms with E-state index in [0.717, 1.165) is 11.3 Å². The molecular formula is C13H18N2O2. The van der Waals surface area contributed by atoms with Gasteiger partial charge < -0.3 is 14.7 Å². The minimum atomic E-state index is -0.796. The molecule has 0 aliphatic rings. The molecule has 0 aliphatic carbocycles. The minimum absolute atomic E-state index is 0.160. The third-order valence-electron chi connectivity index (χ3n) is 2.63. The van der Waals surface area contributed by atoms with Crippen molar-refractivity contribution in [3.05, 3.63) is 29.8 Å². The smallest absolute Gasteiger partial charge is 0.0994 e. The van der Waals surface area contributed by atoms with Crippen LogP contribution in [0.4, 0.5) is 5.69 Å². The summed E-state index contributed by atoms with van der Waals surface area (Å²) in [7, 11) is 5.42. The number of ether oxygens (including phenoxy) is 1. The Morgan fingerprint density at radius 1 is 1.35 bits per heavy atom. The van der Waals surface area contributed by atoms with Crippen molar-refractivity contribution >= 4 is 5.69 Å². The normalized spacial score (nSPS) is 13.8. The van der Waals surface area contributed by atoms with Gasteiger partial charge in [-0.15, -0.1) is 0 Å². The Kier molecular flexibility index (Phi) is 4.95. The van der Waals surface area contributed by atoms with Gasteiger partial charge in [0.2, 0.25) is 0 Å². The molecule has 2 atom stereocenters. The molecule has 4 nitrogen and oxygen atoms in total. The van der Waals surface area contributed by atoms with Crippen LogP contribution in [0.2, 0.25) is 0 Å². The average Bonchev–Trinajstić information content (AvgIpc) is 2.31. The fourth-order valence-electron chi connectivity index (χ4n) is 1.63. The van der Waals surface area contributed by atoms with Gasteiger partial charge in [-0.3, -0.25) is 0 Å². The number of benzene rings is 1. The van der Waals surface area contributed by atoms with Crippen LogP contribution in [0.25, 0.3) is 0 Å². The van der Waals surface area contributed by atoms with Gasteiger partial charge in [-0.2, -0.15) is 5.26 Å². The highest BCUT2D eigenvalue weighted by molar-refractivity contribution is 5.47. The van der Waals surface area contributed by atoms with Gasteiger partial charge in [0.05, 0.1) is 24.7 Å². The van der Waals surface area contributed by atoms with E-state index in [9.17, 15) is 5.11 Å². The first-order chi connectivity index (χ1) is 8.10. The van der Waals surface area contributed by atoms with E-state index >= 15 is 0 Å². The molecular weight excluding hydrogens is 216 g/mol. The van der Waals surface area contributed by atoms with Crippen LogP contribution in [0.3, 0.4) is 0 Å². The lowest BCUT2D eigenvalue weighted by Gasteiger charge is -2.18. The molecule has 1 aromatic carbocycles. The van der Waals surface area contributed by atoms with Crippen molar-refractivity contribution in [2.45, 2.75) is 12.0 Å². The first-order valence-corrected chi connectivity index (χ1v) is 5.44. The molecule has 1 rings (SSSR count). The molecule has 0 saturated carbocycles. The average molecular weight is 234 g/mol. The Morgan fingerprint density at radius 2 is 1.94 bits per heavy atom. The number of aliphatic hydroxyl groups is 1. The summed E-state index contributed by atoms with van der Waals surface area (Å²) in [5, 5.41) is 18.9. The highest BCUT2D eigenvalue weighted by Gasteiger charge is 2.20. The van der Waals surface area contributed by atoms with E-state index in [-0.39, 0.29) is 6.61 Å². The summed E-state index contributed by atoms with van der Waals surface area (Å²) in [5.41, 5.74) is 1.87. The quantitative estimate of drug-likeness (QED) is 0.836. The third kappa shape index (κ3) is 3.45. The molecule has 0 saturated heterocycles. The fourth-order valence-corrected chi connectivity index (χ4v) is 1.63. The number of methoxy groups -OCH3 is 1. The molecule has 2 unspecified atom stereocenters. The van der Waals surface area contributed by atoms with Crippen LogP contribution >= 0.6 is 0 Å². The molecule has 0 spiro atoms. The monoisotopic (exact) mass is 234 g/mol. The molecule has 0 heterocycles. The van der Waals surface area contributed by atoms with Gasteiger partial charge in [0.25, 0.3) is 0 Å². The SMILES string of the molecule is COCC(O)C(C#N)c1ccc(N(C)C)cc1. The van der Waals surface area contributed by atoms with E-state index in [1.807, 2.05) is 43.3 Å². The van der Waals surface area contributed by atoms with E-state index in [2.05, 4.69) is 6.07 Å². The van der Waals surface area contributed by atoms with Crippen molar-refractivity contribution in [2.75, 3.05) is 32.7 Å². The zero-order valence-corrected chi connectivity index (χ0v) is 10.4. The fraction of sp³-hybridized carbons (Fsp3) is 0.462.